The first-order valence-corrected chi connectivity index (χ1v) is 8.36. The number of ether oxygens (including phenoxy) is 4. The van der Waals surface area contributed by atoms with Gasteiger partial charge in [-0.2, -0.15) is 0 Å². The predicted octanol–water partition coefficient (Wildman–Crippen LogP) is 4.98. The van der Waals surface area contributed by atoms with Crippen molar-refractivity contribution in [2.75, 3.05) is 21.3 Å². The van der Waals surface area contributed by atoms with E-state index in [0.717, 1.165) is 28.2 Å². The van der Waals surface area contributed by atoms with Gasteiger partial charge in [0.1, 0.15) is 6.10 Å². The summed E-state index contributed by atoms with van der Waals surface area (Å²) in [5.41, 5.74) is 3.32. The molecule has 0 amide bonds. The van der Waals surface area contributed by atoms with Gasteiger partial charge in [0.15, 0.2) is 23.0 Å². The summed E-state index contributed by atoms with van der Waals surface area (Å²) in [6.07, 6.45) is 4.00. The normalized spacial score (nSPS) is 18.8. The van der Waals surface area contributed by atoms with Gasteiger partial charge in [-0.1, -0.05) is 25.1 Å². The van der Waals surface area contributed by atoms with Crippen LogP contribution in [-0.2, 0) is 0 Å². The Morgan fingerprint density at radius 2 is 1.64 bits per heavy atom. The number of allylic oxidation sites excluding steroid dienone is 1. The Hall–Kier alpha value is -2.62. The fraction of sp³-hybridized carbons (Fsp3) is 0.333. The lowest BCUT2D eigenvalue weighted by Gasteiger charge is -2.18. The second-order valence-corrected chi connectivity index (χ2v) is 6.08. The molecule has 1 heterocycles. The first-order valence-electron chi connectivity index (χ1n) is 8.36. The Bertz CT molecular complexity index is 795. The predicted molar refractivity (Wildman–Crippen MR) is 99.0 cm³/mol. The van der Waals surface area contributed by atoms with Crippen molar-refractivity contribution in [3.8, 4) is 23.0 Å². The van der Waals surface area contributed by atoms with Gasteiger partial charge < -0.3 is 18.9 Å². The third-order valence-electron chi connectivity index (χ3n) is 4.61. The number of methoxy groups -OCH3 is 3. The van der Waals surface area contributed by atoms with E-state index < -0.39 is 0 Å². The van der Waals surface area contributed by atoms with Crippen LogP contribution in [0.2, 0.25) is 0 Å². The van der Waals surface area contributed by atoms with Crippen molar-refractivity contribution >= 4 is 6.08 Å². The van der Waals surface area contributed by atoms with E-state index in [9.17, 15) is 0 Å². The maximum atomic E-state index is 6.29. The summed E-state index contributed by atoms with van der Waals surface area (Å²) >= 11 is 0. The SMILES string of the molecule is C/C=C/c1cc(OC)c2c(c1)C(C)C(c1ccc(OC)c(OC)c1)O2. The minimum absolute atomic E-state index is 0.0930. The minimum atomic E-state index is -0.0930. The van der Waals surface area contributed by atoms with Crippen LogP contribution in [0.5, 0.6) is 23.0 Å². The summed E-state index contributed by atoms with van der Waals surface area (Å²) in [6, 6.07) is 10.1. The van der Waals surface area contributed by atoms with Crippen molar-refractivity contribution in [3.63, 3.8) is 0 Å². The fourth-order valence-electron chi connectivity index (χ4n) is 3.33. The topological polar surface area (TPSA) is 36.9 Å². The van der Waals surface area contributed by atoms with Crippen LogP contribution < -0.4 is 18.9 Å². The van der Waals surface area contributed by atoms with E-state index in [1.165, 1.54) is 0 Å². The van der Waals surface area contributed by atoms with Gasteiger partial charge in [-0.15, -0.1) is 0 Å². The molecule has 0 bridgehead atoms. The quantitative estimate of drug-likeness (QED) is 0.769. The standard InChI is InChI=1S/C21H24O4/c1-6-7-14-10-16-13(2)20(25-21(16)19(11-14)24-5)15-8-9-17(22-3)18(12-15)23-4/h6-13,20H,1-5H3/b7-6+. The van der Waals surface area contributed by atoms with E-state index in [2.05, 4.69) is 19.1 Å². The summed E-state index contributed by atoms with van der Waals surface area (Å²) in [6.45, 7) is 4.18. The number of hydrogen-bond acceptors (Lipinski definition) is 4. The molecule has 1 aliphatic heterocycles. The zero-order valence-corrected chi connectivity index (χ0v) is 15.3. The molecule has 132 valence electrons. The van der Waals surface area contributed by atoms with Crippen molar-refractivity contribution < 1.29 is 18.9 Å². The van der Waals surface area contributed by atoms with E-state index in [0.29, 0.717) is 11.5 Å². The Balaban J connectivity index is 2.01. The van der Waals surface area contributed by atoms with E-state index in [1.54, 1.807) is 21.3 Å². The van der Waals surface area contributed by atoms with Gasteiger partial charge in [-0.05, 0) is 42.3 Å². The summed E-state index contributed by atoms with van der Waals surface area (Å²) in [7, 11) is 4.95. The molecule has 4 nitrogen and oxygen atoms in total. The molecule has 0 aromatic heterocycles. The van der Waals surface area contributed by atoms with Crippen LogP contribution in [0.3, 0.4) is 0 Å². The molecule has 25 heavy (non-hydrogen) atoms. The van der Waals surface area contributed by atoms with Gasteiger partial charge in [0.2, 0.25) is 0 Å². The molecular formula is C21H24O4. The third-order valence-corrected chi connectivity index (χ3v) is 4.61. The molecule has 0 N–H and O–H groups in total. The lowest BCUT2D eigenvalue weighted by Crippen LogP contribution is -2.07. The summed E-state index contributed by atoms with van der Waals surface area (Å²) < 4.78 is 22.6. The Labute approximate surface area is 149 Å². The molecule has 0 aliphatic carbocycles. The smallest absolute Gasteiger partial charge is 0.165 e. The molecule has 0 saturated heterocycles. The maximum absolute atomic E-state index is 6.29. The molecule has 4 heteroatoms. The molecule has 0 radical (unpaired) electrons. The van der Waals surface area contributed by atoms with Crippen molar-refractivity contribution in [2.45, 2.75) is 25.9 Å². The van der Waals surface area contributed by atoms with Crippen molar-refractivity contribution in [2.24, 2.45) is 0 Å². The first kappa shape index (κ1) is 17.2. The highest BCUT2D eigenvalue weighted by Gasteiger charge is 2.35. The van der Waals surface area contributed by atoms with E-state index in [4.69, 9.17) is 18.9 Å². The van der Waals surface area contributed by atoms with Gasteiger partial charge >= 0.3 is 0 Å². The van der Waals surface area contributed by atoms with Crippen LogP contribution >= 0.6 is 0 Å². The van der Waals surface area contributed by atoms with Gasteiger partial charge in [0.05, 0.1) is 21.3 Å². The summed E-state index contributed by atoms with van der Waals surface area (Å²) in [5.74, 6) is 3.20. The zero-order chi connectivity index (χ0) is 18.0. The average Bonchev–Trinajstić information content (AvgIpc) is 2.97. The summed E-state index contributed by atoms with van der Waals surface area (Å²) in [5, 5.41) is 0. The van der Waals surface area contributed by atoms with E-state index in [-0.39, 0.29) is 12.0 Å². The highest BCUT2D eigenvalue weighted by molar-refractivity contribution is 5.62. The Kier molecular flexibility index (Phi) is 4.88. The second kappa shape index (κ2) is 7.09. The maximum Gasteiger partial charge on any atom is 0.165 e. The molecule has 0 fully saturated rings. The third kappa shape index (κ3) is 3.04. The Morgan fingerprint density at radius 3 is 2.28 bits per heavy atom. The first-order chi connectivity index (χ1) is 12.1. The molecule has 2 aromatic rings. The highest BCUT2D eigenvalue weighted by Crippen LogP contribution is 2.51. The number of benzene rings is 2. The van der Waals surface area contributed by atoms with Crippen LogP contribution in [0.1, 0.15) is 42.6 Å². The molecular weight excluding hydrogens is 316 g/mol. The van der Waals surface area contributed by atoms with Gasteiger partial charge in [0, 0.05) is 11.5 Å². The highest BCUT2D eigenvalue weighted by atomic mass is 16.5. The Morgan fingerprint density at radius 1 is 0.920 bits per heavy atom. The molecule has 1 aliphatic rings. The van der Waals surface area contributed by atoms with Gasteiger partial charge in [-0.25, -0.2) is 0 Å². The van der Waals surface area contributed by atoms with Crippen LogP contribution in [0.15, 0.2) is 36.4 Å². The minimum Gasteiger partial charge on any atom is -0.493 e. The van der Waals surface area contributed by atoms with E-state index in [1.807, 2.05) is 37.3 Å². The van der Waals surface area contributed by atoms with Crippen LogP contribution in [0.4, 0.5) is 0 Å². The van der Waals surface area contributed by atoms with Crippen molar-refractivity contribution in [1.82, 2.24) is 0 Å². The van der Waals surface area contributed by atoms with Crippen LogP contribution in [0, 0.1) is 0 Å². The molecule has 3 rings (SSSR count). The van der Waals surface area contributed by atoms with E-state index >= 15 is 0 Å². The van der Waals surface area contributed by atoms with Gasteiger partial charge in [0.25, 0.3) is 0 Å². The molecule has 2 atom stereocenters. The fourth-order valence-corrected chi connectivity index (χ4v) is 3.33. The van der Waals surface area contributed by atoms with Crippen LogP contribution in [-0.4, -0.2) is 21.3 Å². The number of rotatable bonds is 5. The van der Waals surface area contributed by atoms with Crippen molar-refractivity contribution in [3.05, 3.63) is 53.1 Å². The average molecular weight is 340 g/mol. The largest absolute Gasteiger partial charge is 0.493 e. The molecule has 2 aromatic carbocycles. The number of fused-ring (bicyclic) bond motifs is 1. The monoisotopic (exact) mass is 340 g/mol. The lowest BCUT2D eigenvalue weighted by molar-refractivity contribution is 0.207. The van der Waals surface area contributed by atoms with Crippen LogP contribution in [0.25, 0.3) is 6.08 Å². The number of hydrogen-bond donors (Lipinski definition) is 0. The molecule has 2 unspecified atom stereocenters. The lowest BCUT2D eigenvalue weighted by atomic mass is 9.91. The molecule has 0 spiro atoms. The van der Waals surface area contributed by atoms with Crippen molar-refractivity contribution in [1.29, 1.82) is 0 Å². The second-order valence-electron chi connectivity index (χ2n) is 6.08. The van der Waals surface area contributed by atoms with Gasteiger partial charge in [-0.3, -0.25) is 0 Å². The zero-order valence-electron chi connectivity index (χ0n) is 15.3. The molecule has 0 saturated carbocycles. The summed E-state index contributed by atoms with van der Waals surface area (Å²) in [4.78, 5) is 0.